The fourth-order valence-electron chi connectivity index (χ4n) is 8.10. The van der Waals surface area contributed by atoms with Gasteiger partial charge in [0, 0.05) is 19.5 Å². The number of carboxylic acids is 1. The number of unbranched alkanes of at least 4 members (excludes halogenated alkanes) is 29. The summed E-state index contributed by atoms with van der Waals surface area (Å²) >= 11 is 0. The van der Waals surface area contributed by atoms with Crippen molar-refractivity contribution in [3.05, 3.63) is 0 Å². The Bertz CT molecular complexity index is 684. The minimum atomic E-state index is -0.694. The van der Waals surface area contributed by atoms with Crippen LogP contribution in [0, 0.1) is 11.8 Å². The molecule has 0 saturated heterocycles. The molecule has 0 saturated carbocycles. The van der Waals surface area contributed by atoms with Gasteiger partial charge in [-0.2, -0.15) is 0 Å². The Kier molecular flexibility index (Phi) is 40.1. The Morgan fingerprint density at radius 2 is 0.765 bits per heavy atom. The monoisotopic (exact) mass is 722 g/mol. The van der Waals surface area contributed by atoms with E-state index in [1.54, 1.807) is 0 Å². The maximum atomic E-state index is 12.0. The molecule has 0 aliphatic carbocycles. The van der Waals surface area contributed by atoms with E-state index in [0.29, 0.717) is 5.92 Å². The molecule has 0 fully saturated rings. The van der Waals surface area contributed by atoms with Crippen LogP contribution in [0.2, 0.25) is 0 Å². The lowest BCUT2D eigenvalue weighted by molar-refractivity contribution is -0.137. The van der Waals surface area contributed by atoms with Gasteiger partial charge in [-0.3, -0.25) is 9.69 Å². The maximum Gasteiger partial charge on any atom is 0.303 e. The number of hydrogen-bond donors (Lipinski definition) is 2. The summed E-state index contributed by atoms with van der Waals surface area (Å²) in [6.07, 6.45) is 46.8. The summed E-state index contributed by atoms with van der Waals surface area (Å²) < 4.78 is 0. The van der Waals surface area contributed by atoms with Crippen LogP contribution >= 0.6 is 0 Å². The van der Waals surface area contributed by atoms with Crippen molar-refractivity contribution in [2.45, 2.75) is 271 Å². The van der Waals surface area contributed by atoms with E-state index in [1.165, 1.54) is 205 Å². The predicted octanol–water partition coefficient (Wildman–Crippen LogP) is 15.4. The summed E-state index contributed by atoms with van der Waals surface area (Å²) in [5, 5.41) is 21.2. The van der Waals surface area contributed by atoms with Gasteiger partial charge in [0.2, 0.25) is 0 Å². The van der Waals surface area contributed by atoms with Crippen molar-refractivity contribution in [1.29, 1.82) is 0 Å². The van der Waals surface area contributed by atoms with E-state index in [9.17, 15) is 15.0 Å². The lowest BCUT2D eigenvalue weighted by Gasteiger charge is -2.35. The van der Waals surface area contributed by atoms with Gasteiger partial charge in [0.05, 0.1) is 0 Å². The van der Waals surface area contributed by atoms with Gasteiger partial charge in [0.15, 0.2) is 0 Å². The first-order chi connectivity index (χ1) is 25.0. The number of aliphatic hydroxyl groups excluding tert-OH is 1. The number of aliphatic carboxylic acids is 1. The molecule has 0 heterocycles. The lowest BCUT2D eigenvalue weighted by atomic mass is 9.91. The highest BCUT2D eigenvalue weighted by molar-refractivity contribution is 5.66. The summed E-state index contributed by atoms with van der Waals surface area (Å²) in [7, 11) is 0. The van der Waals surface area contributed by atoms with Crippen molar-refractivity contribution >= 4 is 5.97 Å². The second kappa shape index (κ2) is 40.6. The first kappa shape index (κ1) is 50.4. The maximum absolute atomic E-state index is 12.0. The first-order valence-electron chi connectivity index (χ1n) is 23.6. The zero-order chi connectivity index (χ0) is 37.5. The van der Waals surface area contributed by atoms with Crippen LogP contribution in [0.5, 0.6) is 0 Å². The van der Waals surface area contributed by atoms with E-state index in [-0.39, 0.29) is 12.3 Å². The fraction of sp³-hybridized carbons (Fsp3) is 0.979. The number of hydrogen-bond acceptors (Lipinski definition) is 3. The molecule has 0 spiro atoms. The topological polar surface area (TPSA) is 60.8 Å². The molecule has 0 amide bonds. The van der Waals surface area contributed by atoms with E-state index in [0.717, 1.165) is 38.8 Å². The predicted molar refractivity (Wildman–Crippen MR) is 226 cm³/mol. The molecule has 2 N–H and O–H groups in total. The van der Waals surface area contributed by atoms with Gasteiger partial charge in [0.1, 0.15) is 6.23 Å². The smallest absolute Gasteiger partial charge is 0.303 e. The van der Waals surface area contributed by atoms with Gasteiger partial charge < -0.3 is 10.2 Å². The third kappa shape index (κ3) is 36.2. The Morgan fingerprint density at radius 3 is 1.14 bits per heavy atom. The minimum Gasteiger partial charge on any atom is -0.481 e. The second-order valence-corrected chi connectivity index (χ2v) is 16.9. The van der Waals surface area contributed by atoms with E-state index < -0.39 is 12.2 Å². The van der Waals surface area contributed by atoms with Crippen molar-refractivity contribution in [3.8, 4) is 0 Å². The largest absolute Gasteiger partial charge is 0.481 e. The minimum absolute atomic E-state index is 0.249. The highest BCUT2D eigenvalue weighted by Crippen LogP contribution is 2.26. The van der Waals surface area contributed by atoms with Gasteiger partial charge in [0.25, 0.3) is 0 Å². The van der Waals surface area contributed by atoms with Crippen molar-refractivity contribution in [2.24, 2.45) is 11.8 Å². The zero-order valence-corrected chi connectivity index (χ0v) is 35.6. The number of aliphatic hydroxyl groups is 1. The SMILES string of the molecule is CCCCCCCCCCCCCCCCC(CCCCC(=O)O)C(O)N(CCCCCCCCCCCC)CC(C)CCCCCCCCC. The van der Waals surface area contributed by atoms with Gasteiger partial charge in [-0.15, -0.1) is 0 Å². The molecule has 4 heteroatoms. The normalized spacial score (nSPS) is 13.6. The molecule has 0 rings (SSSR count). The Labute approximate surface area is 321 Å². The summed E-state index contributed by atoms with van der Waals surface area (Å²) in [4.78, 5) is 13.7. The van der Waals surface area contributed by atoms with Gasteiger partial charge in [-0.05, 0) is 43.9 Å². The molecular formula is C47H95NO3. The van der Waals surface area contributed by atoms with Crippen LogP contribution in [-0.4, -0.2) is 40.4 Å². The average Bonchev–Trinajstić information content (AvgIpc) is 3.12. The Morgan fingerprint density at radius 1 is 0.451 bits per heavy atom. The molecule has 51 heavy (non-hydrogen) atoms. The third-order valence-electron chi connectivity index (χ3n) is 11.6. The van der Waals surface area contributed by atoms with Gasteiger partial charge in [-0.25, -0.2) is 0 Å². The quantitative estimate of drug-likeness (QED) is 0.0486. The van der Waals surface area contributed by atoms with Crippen LogP contribution in [-0.2, 0) is 4.79 Å². The zero-order valence-electron chi connectivity index (χ0n) is 35.6. The molecule has 0 aromatic carbocycles. The van der Waals surface area contributed by atoms with E-state index >= 15 is 0 Å². The van der Waals surface area contributed by atoms with Crippen LogP contribution in [0.15, 0.2) is 0 Å². The van der Waals surface area contributed by atoms with Crippen LogP contribution in [0.1, 0.15) is 265 Å². The van der Waals surface area contributed by atoms with E-state index in [2.05, 4.69) is 32.6 Å². The van der Waals surface area contributed by atoms with E-state index in [4.69, 9.17) is 0 Å². The molecule has 3 unspecified atom stereocenters. The molecule has 306 valence electrons. The van der Waals surface area contributed by atoms with Crippen molar-refractivity contribution < 1.29 is 15.0 Å². The number of rotatable bonds is 43. The van der Waals surface area contributed by atoms with Crippen molar-refractivity contribution in [1.82, 2.24) is 4.90 Å². The van der Waals surface area contributed by atoms with E-state index in [1.807, 2.05) is 0 Å². The highest BCUT2D eigenvalue weighted by Gasteiger charge is 2.26. The molecule has 0 aliphatic rings. The van der Waals surface area contributed by atoms with Crippen LogP contribution in [0.3, 0.4) is 0 Å². The molecule has 0 aliphatic heterocycles. The second-order valence-electron chi connectivity index (χ2n) is 16.9. The Balaban J connectivity index is 4.87. The van der Waals surface area contributed by atoms with Gasteiger partial charge >= 0.3 is 5.97 Å². The molecule has 0 aromatic rings. The van der Waals surface area contributed by atoms with Crippen molar-refractivity contribution in [3.63, 3.8) is 0 Å². The highest BCUT2D eigenvalue weighted by atomic mass is 16.4. The number of carboxylic acid groups (broad SMARTS) is 1. The average molecular weight is 722 g/mol. The van der Waals surface area contributed by atoms with Crippen LogP contribution < -0.4 is 0 Å². The summed E-state index contributed by atoms with van der Waals surface area (Å²) in [5.41, 5.74) is 0. The molecule has 0 bridgehead atoms. The molecule has 4 nitrogen and oxygen atoms in total. The summed E-state index contributed by atoms with van der Waals surface area (Å²) in [6.45, 7) is 11.3. The molecule has 0 aromatic heterocycles. The first-order valence-corrected chi connectivity index (χ1v) is 23.6. The molecule has 0 radical (unpaired) electrons. The third-order valence-corrected chi connectivity index (χ3v) is 11.6. The van der Waals surface area contributed by atoms with Crippen LogP contribution in [0.25, 0.3) is 0 Å². The summed E-state index contributed by atoms with van der Waals surface area (Å²) in [6, 6.07) is 0. The molecular weight excluding hydrogens is 627 g/mol. The fourth-order valence-corrected chi connectivity index (χ4v) is 8.10. The van der Waals surface area contributed by atoms with Gasteiger partial charge in [-0.1, -0.05) is 227 Å². The molecule has 3 atom stereocenters. The van der Waals surface area contributed by atoms with Crippen molar-refractivity contribution in [2.75, 3.05) is 13.1 Å². The summed E-state index contributed by atoms with van der Waals surface area (Å²) in [5.74, 6) is 0.165. The standard InChI is InChI=1S/C47H95NO3/c1-5-8-11-14-17-19-21-22-23-24-25-28-31-34-39-45(40-35-36-41-46(49)50)47(51)48(42-37-32-29-26-20-18-15-12-9-6-2)43-44(4)38-33-30-27-16-13-10-7-3/h44-45,47,51H,5-43H2,1-4H3,(H,49,50). The Hall–Kier alpha value is -0.610. The lowest BCUT2D eigenvalue weighted by Crippen LogP contribution is -2.43. The number of carbonyl (C=O) groups is 1. The number of nitrogens with zero attached hydrogens (tertiary/aromatic N) is 1. The van der Waals surface area contributed by atoms with Crippen LogP contribution in [0.4, 0.5) is 0 Å².